The minimum absolute atomic E-state index is 0.00775. The Kier molecular flexibility index (Phi) is 8.05. The van der Waals surface area contributed by atoms with E-state index in [4.69, 9.17) is 0 Å². The van der Waals surface area contributed by atoms with Crippen molar-refractivity contribution in [2.75, 3.05) is 13.1 Å². The fraction of sp³-hybridized carbons (Fsp3) is 0.710. The number of aromatic nitrogens is 2. The van der Waals surface area contributed by atoms with E-state index in [0.717, 1.165) is 24.4 Å². The van der Waals surface area contributed by atoms with Gasteiger partial charge in [-0.05, 0) is 69.4 Å². The van der Waals surface area contributed by atoms with Crippen LogP contribution >= 0.6 is 0 Å². The molecule has 1 unspecified atom stereocenters. The van der Waals surface area contributed by atoms with Gasteiger partial charge < -0.3 is 19.7 Å². The van der Waals surface area contributed by atoms with Crippen molar-refractivity contribution in [2.24, 2.45) is 11.8 Å². The van der Waals surface area contributed by atoms with E-state index in [2.05, 4.69) is 9.88 Å². The first-order valence-electron chi connectivity index (χ1n) is 15.4. The predicted molar refractivity (Wildman–Crippen MR) is 150 cm³/mol. The zero-order valence-corrected chi connectivity index (χ0v) is 23.1. The number of carbonyl (C=O) groups excluding carboxylic acids is 1. The van der Waals surface area contributed by atoms with E-state index in [9.17, 15) is 19.8 Å². The summed E-state index contributed by atoms with van der Waals surface area (Å²) in [6.45, 7) is 1.43. The molecule has 2 aromatic rings. The van der Waals surface area contributed by atoms with Crippen LogP contribution in [0, 0.1) is 11.8 Å². The summed E-state index contributed by atoms with van der Waals surface area (Å²) in [6.07, 6.45) is 14.0. The van der Waals surface area contributed by atoms with E-state index in [-0.39, 0.29) is 23.1 Å². The summed E-state index contributed by atoms with van der Waals surface area (Å²) in [4.78, 5) is 36.4. The Morgan fingerprint density at radius 1 is 0.872 bits per heavy atom. The van der Waals surface area contributed by atoms with Gasteiger partial charge in [0.25, 0.3) is 11.5 Å². The molecule has 1 aliphatic carbocycles. The van der Waals surface area contributed by atoms with Gasteiger partial charge in [0.05, 0.1) is 11.0 Å². The maximum absolute atomic E-state index is 13.8. The summed E-state index contributed by atoms with van der Waals surface area (Å²) < 4.78 is 1.83. The Hall–Kier alpha value is -2.29. The molecule has 6 rings (SSSR count). The first-order valence-corrected chi connectivity index (χ1v) is 15.4. The first kappa shape index (κ1) is 26.9. The topological polar surface area (TPSA) is 98.9 Å². The zero-order chi connectivity index (χ0) is 26.9. The average molecular weight is 537 g/mol. The van der Waals surface area contributed by atoms with Crippen LogP contribution in [0.25, 0.3) is 11.0 Å². The summed E-state index contributed by atoms with van der Waals surface area (Å²) in [6, 6.07) is 9.64. The molecule has 212 valence electrons. The molecule has 8 heteroatoms. The van der Waals surface area contributed by atoms with Gasteiger partial charge in [-0.15, -0.1) is 0 Å². The molecule has 4 aliphatic rings. The van der Waals surface area contributed by atoms with Crippen LogP contribution in [0.15, 0.2) is 29.1 Å². The summed E-state index contributed by atoms with van der Waals surface area (Å²) in [5, 5.41) is 19.0. The molecule has 3 aliphatic heterocycles. The Balaban J connectivity index is 1.22. The molecule has 0 radical (unpaired) electrons. The smallest absolute Gasteiger partial charge is 0.282 e. The molecule has 8 nitrogen and oxygen atoms in total. The lowest BCUT2D eigenvalue weighted by molar-refractivity contribution is -0.0963. The molecule has 1 amide bonds. The average Bonchev–Trinajstić information content (AvgIpc) is 3.18. The molecule has 2 N–H and O–H groups in total. The van der Waals surface area contributed by atoms with Crippen LogP contribution < -0.4 is 5.56 Å². The second-order valence-electron chi connectivity index (χ2n) is 12.6. The van der Waals surface area contributed by atoms with Crippen molar-refractivity contribution < 1.29 is 15.0 Å². The van der Waals surface area contributed by atoms with Crippen LogP contribution in [0.2, 0.25) is 0 Å². The van der Waals surface area contributed by atoms with Gasteiger partial charge in [-0.2, -0.15) is 0 Å². The third-order valence-electron chi connectivity index (χ3n) is 10.1. The largest absolute Gasteiger partial charge is 0.368 e. The van der Waals surface area contributed by atoms with Gasteiger partial charge in [0, 0.05) is 43.7 Å². The highest BCUT2D eigenvalue weighted by Gasteiger charge is 2.43. The number of aliphatic hydroxyl groups is 2. The normalized spacial score (nSPS) is 27.7. The standard InChI is InChI=1S/C31H44N4O4/c36-29(33-16-14-22(15-17-33)31(38)39)28-30(37)34(27-11-7-6-10-26(27)32-28)20-21-18-24-12-13-25(19-21)35(24)23-8-4-2-1-3-5-9-23/h6-7,10-11,21-25,31,38-39H,1-5,8-9,12-20H2/t21?,24-,25+. The van der Waals surface area contributed by atoms with E-state index in [1.165, 1.54) is 57.8 Å². The van der Waals surface area contributed by atoms with Crippen LogP contribution in [-0.4, -0.2) is 73.0 Å². The molecule has 4 fully saturated rings. The number of rotatable bonds is 5. The van der Waals surface area contributed by atoms with Gasteiger partial charge in [-0.25, -0.2) is 4.98 Å². The maximum Gasteiger partial charge on any atom is 0.282 e. The minimum Gasteiger partial charge on any atom is -0.368 e. The van der Waals surface area contributed by atoms with E-state index < -0.39 is 6.29 Å². The van der Waals surface area contributed by atoms with Crippen molar-refractivity contribution in [3.05, 3.63) is 40.3 Å². The predicted octanol–water partition coefficient (Wildman–Crippen LogP) is 3.92. The fourth-order valence-corrected chi connectivity index (χ4v) is 8.13. The monoisotopic (exact) mass is 536 g/mol. The molecule has 1 saturated carbocycles. The number of carbonyl (C=O) groups is 1. The molecular formula is C31H44N4O4. The van der Waals surface area contributed by atoms with Gasteiger partial charge in [-0.3, -0.25) is 14.5 Å². The Morgan fingerprint density at radius 3 is 2.18 bits per heavy atom. The maximum atomic E-state index is 13.8. The number of aliphatic hydroxyl groups excluding tert-OH is 1. The Bertz CT molecular complexity index is 1200. The highest BCUT2D eigenvalue weighted by molar-refractivity contribution is 5.94. The summed E-state index contributed by atoms with van der Waals surface area (Å²) in [5.74, 6) is -0.163. The van der Waals surface area contributed by atoms with Crippen LogP contribution in [0.3, 0.4) is 0 Å². The number of piperidine rings is 2. The van der Waals surface area contributed by atoms with Crippen molar-refractivity contribution >= 4 is 16.9 Å². The van der Waals surface area contributed by atoms with E-state index in [1.807, 2.05) is 28.8 Å². The third kappa shape index (κ3) is 5.52. The Morgan fingerprint density at radius 2 is 1.51 bits per heavy atom. The quantitative estimate of drug-likeness (QED) is 0.562. The van der Waals surface area contributed by atoms with Crippen molar-refractivity contribution in [2.45, 2.75) is 114 Å². The number of hydrogen-bond acceptors (Lipinski definition) is 6. The van der Waals surface area contributed by atoms with Gasteiger partial charge in [0.1, 0.15) is 0 Å². The number of likely N-dealkylation sites (tertiary alicyclic amines) is 1. The number of amides is 1. The minimum atomic E-state index is -1.37. The summed E-state index contributed by atoms with van der Waals surface area (Å²) in [5.41, 5.74) is 1.18. The number of nitrogens with zero attached hydrogens (tertiary/aromatic N) is 4. The molecule has 3 saturated heterocycles. The van der Waals surface area contributed by atoms with Crippen LogP contribution in [0.4, 0.5) is 0 Å². The number of hydrogen-bond donors (Lipinski definition) is 2. The SMILES string of the molecule is O=C(c1nc2ccccc2n(CC2C[C@H]3CC[C@@H](C2)N3C2CCCCCCC2)c1=O)N1CCC(C(O)O)CC1. The van der Waals surface area contributed by atoms with E-state index >= 15 is 0 Å². The Labute approximate surface area is 231 Å². The molecule has 2 bridgehead atoms. The summed E-state index contributed by atoms with van der Waals surface area (Å²) >= 11 is 0. The molecule has 1 aromatic carbocycles. The lowest BCUT2D eigenvalue weighted by Crippen LogP contribution is -2.50. The molecule has 1 aromatic heterocycles. The van der Waals surface area contributed by atoms with Crippen LogP contribution in [-0.2, 0) is 6.54 Å². The van der Waals surface area contributed by atoms with Crippen LogP contribution in [0.1, 0.15) is 94.0 Å². The van der Waals surface area contributed by atoms with Crippen molar-refractivity contribution in [3.8, 4) is 0 Å². The summed E-state index contributed by atoms with van der Waals surface area (Å²) in [7, 11) is 0. The van der Waals surface area contributed by atoms with Gasteiger partial charge in [0.2, 0.25) is 0 Å². The number of para-hydroxylation sites is 2. The second kappa shape index (κ2) is 11.7. The van der Waals surface area contributed by atoms with Crippen molar-refractivity contribution in [1.82, 2.24) is 19.4 Å². The first-order chi connectivity index (χ1) is 19.0. The lowest BCUT2D eigenvalue weighted by Gasteiger charge is -2.44. The van der Waals surface area contributed by atoms with Crippen molar-refractivity contribution in [3.63, 3.8) is 0 Å². The zero-order valence-electron chi connectivity index (χ0n) is 23.1. The molecule has 39 heavy (non-hydrogen) atoms. The number of benzene rings is 1. The van der Waals surface area contributed by atoms with Crippen LogP contribution in [0.5, 0.6) is 0 Å². The second-order valence-corrected chi connectivity index (χ2v) is 12.6. The third-order valence-corrected chi connectivity index (χ3v) is 10.1. The molecular weight excluding hydrogens is 492 g/mol. The van der Waals surface area contributed by atoms with Gasteiger partial charge in [-0.1, -0.05) is 44.2 Å². The van der Waals surface area contributed by atoms with E-state index in [0.29, 0.717) is 56.0 Å². The fourth-order valence-electron chi connectivity index (χ4n) is 8.13. The number of fused-ring (bicyclic) bond motifs is 3. The highest BCUT2D eigenvalue weighted by atomic mass is 16.5. The highest BCUT2D eigenvalue weighted by Crippen LogP contribution is 2.42. The van der Waals surface area contributed by atoms with Crippen molar-refractivity contribution in [1.29, 1.82) is 0 Å². The van der Waals surface area contributed by atoms with Gasteiger partial charge in [0.15, 0.2) is 12.0 Å². The van der Waals surface area contributed by atoms with E-state index in [1.54, 1.807) is 4.90 Å². The molecule has 0 spiro atoms. The molecule has 3 atom stereocenters. The van der Waals surface area contributed by atoms with Gasteiger partial charge >= 0.3 is 0 Å². The lowest BCUT2D eigenvalue weighted by atomic mass is 9.86. The molecule has 4 heterocycles.